The van der Waals surface area contributed by atoms with Gasteiger partial charge >= 0.3 is 0 Å². The molecule has 0 aliphatic heterocycles. The zero-order valence-corrected chi connectivity index (χ0v) is 37.1. The van der Waals surface area contributed by atoms with Gasteiger partial charge in [-0.3, -0.25) is 0 Å². The lowest BCUT2D eigenvalue weighted by Crippen LogP contribution is -2.04. The Hall–Kier alpha value is -8.91. The van der Waals surface area contributed by atoms with Gasteiger partial charge in [0.1, 0.15) is 11.3 Å². The molecule has 0 unspecified atom stereocenters. The van der Waals surface area contributed by atoms with Gasteiger partial charge in [-0.15, -0.1) is 11.3 Å². The van der Waals surface area contributed by atoms with Gasteiger partial charge in [0, 0.05) is 74.9 Å². The summed E-state index contributed by atoms with van der Waals surface area (Å²) in [6, 6.07) is 75.5. The predicted molar refractivity (Wildman–Crippen MR) is 282 cm³/mol. The molecule has 0 aliphatic rings. The van der Waals surface area contributed by atoms with Crippen LogP contribution in [0.5, 0.6) is 0 Å². The molecule has 6 nitrogen and oxygen atoms in total. The molecule has 68 heavy (non-hydrogen) atoms. The summed E-state index contributed by atoms with van der Waals surface area (Å²) in [6.45, 7) is 0. The van der Waals surface area contributed by atoms with Crippen LogP contribution >= 0.6 is 11.3 Å². The van der Waals surface area contributed by atoms with E-state index in [9.17, 15) is 0 Å². The molecular formula is C61H35N5OS. The van der Waals surface area contributed by atoms with E-state index in [0.29, 0.717) is 17.5 Å². The van der Waals surface area contributed by atoms with E-state index in [1.54, 1.807) is 11.3 Å². The molecule has 15 rings (SSSR count). The van der Waals surface area contributed by atoms with Gasteiger partial charge in [-0.25, -0.2) is 15.0 Å². The lowest BCUT2D eigenvalue weighted by atomic mass is 10.0. The van der Waals surface area contributed by atoms with Crippen LogP contribution in [-0.2, 0) is 0 Å². The fourth-order valence-electron chi connectivity index (χ4n) is 10.7. The highest BCUT2D eigenvalue weighted by Crippen LogP contribution is 2.44. The first kappa shape index (κ1) is 37.3. The number of hydrogen-bond acceptors (Lipinski definition) is 5. The molecule has 316 valence electrons. The average molecular weight is 886 g/mol. The Morgan fingerprint density at radius 1 is 0.353 bits per heavy atom. The summed E-state index contributed by atoms with van der Waals surface area (Å²) in [4.78, 5) is 16.4. The van der Waals surface area contributed by atoms with Gasteiger partial charge < -0.3 is 13.6 Å². The zero-order valence-electron chi connectivity index (χ0n) is 36.3. The van der Waals surface area contributed by atoms with Crippen LogP contribution < -0.4 is 0 Å². The number of fused-ring (bicyclic) bond motifs is 13. The van der Waals surface area contributed by atoms with Crippen molar-refractivity contribution in [3.63, 3.8) is 0 Å². The largest absolute Gasteiger partial charge is 0.454 e. The van der Waals surface area contributed by atoms with Crippen LogP contribution in [0, 0.1) is 0 Å². The fourth-order valence-corrected chi connectivity index (χ4v) is 11.7. The molecule has 0 N–H and O–H groups in total. The molecule has 15 aromatic rings. The minimum atomic E-state index is 0.549. The van der Waals surface area contributed by atoms with E-state index in [-0.39, 0.29) is 0 Å². The van der Waals surface area contributed by atoms with Crippen molar-refractivity contribution in [2.24, 2.45) is 0 Å². The standard InChI is InChI=1S/C61H35N5OS/c1-2-16-40(17-3-1)65-50-22-10-6-18-41(50)43-28-26-39(35-52(43)65)60-62-59(38-27-31-56-49(33-38)45-21-9-13-25-55(45)68-56)63-61(64-60)47-30-29-46-44-20-8-12-24-54(44)67-58(46)57(47)66-51-23-11-7-19-42(51)48-32-36-14-4-5-15-37(36)34-53(48)66/h1-35H. The van der Waals surface area contributed by atoms with Gasteiger partial charge in [-0.1, -0.05) is 127 Å². The zero-order chi connectivity index (χ0) is 44.5. The Labute approximate surface area is 392 Å². The van der Waals surface area contributed by atoms with E-state index in [1.807, 2.05) is 12.1 Å². The van der Waals surface area contributed by atoms with Gasteiger partial charge in [-0.05, 0) is 95.7 Å². The molecule has 0 saturated carbocycles. The highest BCUT2D eigenvalue weighted by Gasteiger charge is 2.25. The van der Waals surface area contributed by atoms with E-state index in [0.717, 1.165) is 93.6 Å². The van der Waals surface area contributed by atoms with Crippen LogP contribution in [-0.4, -0.2) is 24.1 Å². The highest BCUT2D eigenvalue weighted by molar-refractivity contribution is 7.25. The van der Waals surface area contributed by atoms with Crippen LogP contribution in [0.3, 0.4) is 0 Å². The summed E-state index contributed by atoms with van der Waals surface area (Å²) in [5.74, 6) is 1.72. The van der Waals surface area contributed by atoms with Gasteiger partial charge in [0.25, 0.3) is 0 Å². The second-order valence-corrected chi connectivity index (χ2v) is 18.6. The molecule has 0 radical (unpaired) electrons. The first-order chi connectivity index (χ1) is 33.7. The van der Waals surface area contributed by atoms with Crippen molar-refractivity contribution < 1.29 is 4.42 Å². The smallest absolute Gasteiger partial charge is 0.166 e. The number of benzene rings is 10. The summed E-state index contributed by atoms with van der Waals surface area (Å²) >= 11 is 1.80. The van der Waals surface area contributed by atoms with Crippen LogP contribution in [0.25, 0.3) is 142 Å². The van der Waals surface area contributed by atoms with E-state index >= 15 is 0 Å². The SMILES string of the molecule is c1ccc(-n2c3ccccc3c3ccc(-c4nc(-c5ccc6sc7ccccc7c6c5)nc(-c5ccc6c(oc7ccccc76)c5-n5c6ccccc6c6cc7ccccc7cc65)n4)cc32)cc1. The third-order valence-electron chi connectivity index (χ3n) is 13.7. The number of para-hydroxylation sites is 4. The minimum absolute atomic E-state index is 0.549. The van der Waals surface area contributed by atoms with Crippen molar-refractivity contribution in [1.82, 2.24) is 24.1 Å². The maximum Gasteiger partial charge on any atom is 0.166 e. The first-order valence-corrected chi connectivity index (χ1v) is 23.7. The van der Waals surface area contributed by atoms with Gasteiger partial charge in [0.2, 0.25) is 0 Å². The Bertz CT molecular complexity index is 4580. The molecule has 0 aliphatic carbocycles. The van der Waals surface area contributed by atoms with Crippen molar-refractivity contribution in [3.05, 3.63) is 212 Å². The summed E-state index contributed by atoms with van der Waals surface area (Å²) in [5, 5.41) is 11.5. The molecule has 0 saturated heterocycles. The molecule has 0 fully saturated rings. The fraction of sp³-hybridized carbons (Fsp3) is 0. The second-order valence-electron chi connectivity index (χ2n) is 17.5. The molecule has 10 aromatic carbocycles. The molecule has 0 spiro atoms. The van der Waals surface area contributed by atoms with Crippen LogP contribution in [0.1, 0.15) is 0 Å². The lowest BCUT2D eigenvalue weighted by Gasteiger charge is -2.15. The normalized spacial score (nSPS) is 12.1. The first-order valence-electron chi connectivity index (χ1n) is 22.8. The van der Waals surface area contributed by atoms with Crippen LogP contribution in [0.4, 0.5) is 0 Å². The van der Waals surface area contributed by atoms with Gasteiger partial charge in [0.15, 0.2) is 23.1 Å². The minimum Gasteiger partial charge on any atom is -0.454 e. The Balaban J connectivity index is 1.05. The number of rotatable bonds is 5. The van der Waals surface area contributed by atoms with E-state index in [4.69, 9.17) is 19.4 Å². The Morgan fingerprint density at radius 2 is 0.926 bits per heavy atom. The highest BCUT2D eigenvalue weighted by atomic mass is 32.1. The molecule has 0 amide bonds. The number of nitrogens with zero attached hydrogens (tertiary/aromatic N) is 5. The Morgan fingerprint density at radius 3 is 1.75 bits per heavy atom. The molecule has 5 heterocycles. The monoisotopic (exact) mass is 885 g/mol. The molecular weight excluding hydrogens is 851 g/mol. The lowest BCUT2D eigenvalue weighted by molar-refractivity contribution is 0.666. The Kier molecular flexibility index (Phi) is 7.85. The van der Waals surface area contributed by atoms with Gasteiger partial charge in [-0.2, -0.15) is 0 Å². The second kappa shape index (κ2) is 14.3. The maximum absolute atomic E-state index is 7.00. The predicted octanol–water partition coefficient (Wildman–Crippen LogP) is 16.5. The van der Waals surface area contributed by atoms with Crippen LogP contribution in [0.2, 0.25) is 0 Å². The quantitative estimate of drug-likeness (QED) is 0.173. The summed E-state index contributed by atoms with van der Waals surface area (Å²) in [6.07, 6.45) is 0. The summed E-state index contributed by atoms with van der Waals surface area (Å²) in [7, 11) is 0. The third kappa shape index (κ3) is 5.48. The number of furan rings is 1. The van der Waals surface area contributed by atoms with Crippen molar-refractivity contribution in [2.45, 2.75) is 0 Å². The summed E-state index contributed by atoms with van der Waals surface area (Å²) in [5.41, 5.74) is 10.5. The molecule has 5 aromatic heterocycles. The maximum atomic E-state index is 7.00. The third-order valence-corrected chi connectivity index (χ3v) is 14.9. The van der Waals surface area contributed by atoms with E-state index in [2.05, 4.69) is 209 Å². The molecule has 0 atom stereocenters. The number of thiophene rings is 1. The van der Waals surface area contributed by atoms with Crippen LogP contribution in [0.15, 0.2) is 217 Å². The topological polar surface area (TPSA) is 61.7 Å². The molecule has 7 heteroatoms. The summed E-state index contributed by atoms with van der Waals surface area (Å²) < 4.78 is 14.2. The van der Waals surface area contributed by atoms with E-state index < -0.39 is 0 Å². The van der Waals surface area contributed by atoms with E-state index in [1.165, 1.54) is 30.9 Å². The van der Waals surface area contributed by atoms with Crippen molar-refractivity contribution in [1.29, 1.82) is 0 Å². The number of aromatic nitrogens is 5. The molecule has 0 bridgehead atoms. The van der Waals surface area contributed by atoms with Crippen molar-refractivity contribution in [2.75, 3.05) is 0 Å². The number of hydrogen-bond donors (Lipinski definition) is 0. The van der Waals surface area contributed by atoms with Gasteiger partial charge in [0.05, 0.1) is 22.1 Å². The average Bonchev–Trinajstić information content (AvgIpc) is 4.15. The van der Waals surface area contributed by atoms with Crippen molar-refractivity contribution in [3.8, 4) is 45.5 Å². The van der Waals surface area contributed by atoms with Crippen molar-refractivity contribution >= 4 is 108 Å².